The molecule has 3 heteroatoms. The topological polar surface area (TPSA) is 49.5 Å². The molecule has 0 bridgehead atoms. The molecular formula is C10H22N2O. The van der Waals surface area contributed by atoms with Crippen molar-refractivity contribution >= 4 is 0 Å². The van der Waals surface area contributed by atoms with Crippen molar-refractivity contribution < 1.29 is 5.11 Å². The van der Waals surface area contributed by atoms with Crippen LogP contribution in [0, 0.1) is 5.92 Å². The lowest BCUT2D eigenvalue weighted by atomic mass is 10.0. The van der Waals surface area contributed by atoms with Gasteiger partial charge in [-0.1, -0.05) is 13.8 Å². The minimum Gasteiger partial charge on any atom is -0.390 e. The molecule has 1 fully saturated rings. The van der Waals surface area contributed by atoms with E-state index in [1.165, 1.54) is 12.8 Å². The number of hydrogen-bond donors (Lipinski definition) is 2. The van der Waals surface area contributed by atoms with Crippen LogP contribution in [0.4, 0.5) is 0 Å². The summed E-state index contributed by atoms with van der Waals surface area (Å²) in [5.41, 5.74) is 5.40. The predicted molar refractivity (Wildman–Crippen MR) is 54.5 cm³/mol. The molecule has 1 aliphatic heterocycles. The van der Waals surface area contributed by atoms with Crippen molar-refractivity contribution in [3.8, 4) is 0 Å². The lowest BCUT2D eigenvalue weighted by molar-refractivity contribution is 0.0990. The Morgan fingerprint density at radius 3 is 2.77 bits per heavy atom. The third kappa shape index (κ3) is 2.93. The molecule has 0 radical (unpaired) electrons. The average molecular weight is 186 g/mol. The fourth-order valence-corrected chi connectivity index (χ4v) is 2.18. The maximum absolute atomic E-state index is 9.45. The second-order valence-corrected chi connectivity index (χ2v) is 4.34. The highest BCUT2D eigenvalue weighted by Gasteiger charge is 2.27. The highest BCUT2D eigenvalue weighted by molar-refractivity contribution is 4.82. The Morgan fingerprint density at radius 1 is 1.54 bits per heavy atom. The third-order valence-corrected chi connectivity index (χ3v) is 2.90. The van der Waals surface area contributed by atoms with Gasteiger partial charge >= 0.3 is 0 Å². The number of hydrogen-bond acceptors (Lipinski definition) is 3. The first kappa shape index (κ1) is 11.0. The van der Waals surface area contributed by atoms with E-state index in [0.29, 0.717) is 18.5 Å². The molecule has 1 rings (SSSR count). The molecule has 3 N–H and O–H groups in total. The number of β-amino-alcohol motifs (C(OH)–C–C–N with tert-alkyl or cyclic N) is 1. The molecule has 0 aromatic rings. The van der Waals surface area contributed by atoms with E-state index >= 15 is 0 Å². The van der Waals surface area contributed by atoms with E-state index in [2.05, 4.69) is 18.7 Å². The second-order valence-electron chi connectivity index (χ2n) is 4.34. The van der Waals surface area contributed by atoms with Crippen LogP contribution >= 0.6 is 0 Å². The largest absolute Gasteiger partial charge is 0.390 e. The summed E-state index contributed by atoms with van der Waals surface area (Å²) in [4.78, 5) is 2.38. The smallest absolute Gasteiger partial charge is 0.0789 e. The first-order valence-electron chi connectivity index (χ1n) is 5.27. The normalized spacial score (nSPS) is 27.0. The molecule has 0 saturated carbocycles. The first-order valence-corrected chi connectivity index (χ1v) is 5.27. The van der Waals surface area contributed by atoms with E-state index in [1.807, 2.05) is 0 Å². The van der Waals surface area contributed by atoms with E-state index in [-0.39, 0.29) is 6.10 Å². The zero-order valence-corrected chi connectivity index (χ0v) is 8.74. The molecule has 1 unspecified atom stereocenters. The molecule has 0 aliphatic carbocycles. The van der Waals surface area contributed by atoms with Gasteiger partial charge in [0, 0.05) is 19.1 Å². The van der Waals surface area contributed by atoms with Crippen LogP contribution in [-0.4, -0.2) is 41.8 Å². The molecule has 0 aromatic carbocycles. The minimum atomic E-state index is -0.348. The second kappa shape index (κ2) is 4.94. The Kier molecular flexibility index (Phi) is 4.16. The van der Waals surface area contributed by atoms with Crippen LogP contribution in [0.5, 0.6) is 0 Å². The van der Waals surface area contributed by atoms with E-state index < -0.39 is 0 Å². The van der Waals surface area contributed by atoms with Crippen LogP contribution in [0.1, 0.15) is 26.7 Å². The number of nitrogens with two attached hydrogens (primary N) is 1. The SMILES string of the molecule is CC(C)C1CCCN1C[C@@H](O)CN. The summed E-state index contributed by atoms with van der Waals surface area (Å²) in [5, 5.41) is 9.45. The fraction of sp³-hybridized carbons (Fsp3) is 1.00. The number of likely N-dealkylation sites (tertiary alicyclic amines) is 1. The maximum Gasteiger partial charge on any atom is 0.0789 e. The van der Waals surface area contributed by atoms with Crippen molar-refractivity contribution in [1.29, 1.82) is 0 Å². The van der Waals surface area contributed by atoms with Crippen LogP contribution < -0.4 is 5.73 Å². The van der Waals surface area contributed by atoms with Gasteiger partial charge in [-0.3, -0.25) is 4.90 Å². The zero-order valence-electron chi connectivity index (χ0n) is 8.74. The molecule has 78 valence electrons. The van der Waals surface area contributed by atoms with E-state index in [1.54, 1.807) is 0 Å². The number of aliphatic hydroxyl groups excluding tert-OH is 1. The molecule has 2 atom stereocenters. The van der Waals surface area contributed by atoms with Crippen molar-refractivity contribution in [2.75, 3.05) is 19.6 Å². The van der Waals surface area contributed by atoms with Crippen LogP contribution in [-0.2, 0) is 0 Å². The third-order valence-electron chi connectivity index (χ3n) is 2.90. The van der Waals surface area contributed by atoms with Crippen LogP contribution in [0.15, 0.2) is 0 Å². The molecule has 13 heavy (non-hydrogen) atoms. The van der Waals surface area contributed by atoms with E-state index in [9.17, 15) is 5.11 Å². The molecule has 0 spiro atoms. The van der Waals surface area contributed by atoms with Gasteiger partial charge in [0.2, 0.25) is 0 Å². The zero-order chi connectivity index (χ0) is 9.84. The van der Waals surface area contributed by atoms with Crippen molar-refractivity contribution in [3.63, 3.8) is 0 Å². The number of aliphatic hydroxyl groups is 1. The van der Waals surface area contributed by atoms with E-state index in [0.717, 1.165) is 13.1 Å². The fourth-order valence-electron chi connectivity index (χ4n) is 2.18. The Morgan fingerprint density at radius 2 is 2.23 bits per heavy atom. The predicted octanol–water partition coefficient (Wildman–Crippen LogP) is 0.426. The van der Waals surface area contributed by atoms with Gasteiger partial charge in [-0.25, -0.2) is 0 Å². The standard InChI is InChI=1S/C10H22N2O/c1-8(2)10-4-3-5-12(10)7-9(13)6-11/h8-10,13H,3-7,11H2,1-2H3/t9-,10?/m0/s1. The lowest BCUT2D eigenvalue weighted by Crippen LogP contribution is -2.41. The summed E-state index contributed by atoms with van der Waals surface area (Å²) >= 11 is 0. The Balaban J connectivity index is 2.39. The van der Waals surface area contributed by atoms with Gasteiger partial charge in [0.25, 0.3) is 0 Å². The first-order chi connectivity index (χ1) is 6.15. The summed E-state index contributed by atoms with van der Waals surface area (Å²) in [6.07, 6.45) is 2.19. The Bertz CT molecular complexity index is 150. The van der Waals surface area contributed by atoms with E-state index in [4.69, 9.17) is 5.73 Å². The van der Waals surface area contributed by atoms with Gasteiger partial charge in [-0.2, -0.15) is 0 Å². The summed E-state index contributed by atoms with van der Waals surface area (Å²) in [6, 6.07) is 0.654. The minimum absolute atomic E-state index is 0.348. The van der Waals surface area contributed by atoms with Crippen molar-refractivity contribution in [2.24, 2.45) is 11.7 Å². The monoisotopic (exact) mass is 186 g/mol. The molecule has 0 aromatic heterocycles. The van der Waals surface area contributed by atoms with Gasteiger partial charge in [0.15, 0.2) is 0 Å². The van der Waals surface area contributed by atoms with Gasteiger partial charge in [-0.05, 0) is 25.3 Å². The highest BCUT2D eigenvalue weighted by atomic mass is 16.3. The summed E-state index contributed by atoms with van der Waals surface area (Å²) in [5.74, 6) is 0.687. The number of nitrogens with zero attached hydrogens (tertiary/aromatic N) is 1. The Labute approximate surface area is 80.9 Å². The quantitative estimate of drug-likeness (QED) is 0.669. The van der Waals surface area contributed by atoms with Gasteiger partial charge in [0.1, 0.15) is 0 Å². The van der Waals surface area contributed by atoms with Gasteiger partial charge in [0.05, 0.1) is 6.10 Å². The summed E-state index contributed by atoms with van der Waals surface area (Å²) in [6.45, 7) is 6.75. The maximum atomic E-state index is 9.45. The summed E-state index contributed by atoms with van der Waals surface area (Å²) in [7, 11) is 0. The van der Waals surface area contributed by atoms with Crippen molar-refractivity contribution in [2.45, 2.75) is 38.8 Å². The van der Waals surface area contributed by atoms with Crippen molar-refractivity contribution in [3.05, 3.63) is 0 Å². The molecule has 1 aliphatic rings. The van der Waals surface area contributed by atoms with Crippen LogP contribution in [0.25, 0.3) is 0 Å². The molecule has 1 heterocycles. The van der Waals surface area contributed by atoms with Gasteiger partial charge < -0.3 is 10.8 Å². The average Bonchev–Trinajstić information content (AvgIpc) is 2.52. The van der Waals surface area contributed by atoms with Crippen molar-refractivity contribution in [1.82, 2.24) is 4.90 Å². The molecule has 1 saturated heterocycles. The Hall–Kier alpha value is -0.120. The van der Waals surface area contributed by atoms with Crippen LogP contribution in [0.2, 0.25) is 0 Å². The molecule has 0 amide bonds. The summed E-state index contributed by atoms with van der Waals surface area (Å²) < 4.78 is 0. The molecular weight excluding hydrogens is 164 g/mol. The van der Waals surface area contributed by atoms with Crippen LogP contribution in [0.3, 0.4) is 0 Å². The van der Waals surface area contributed by atoms with Gasteiger partial charge in [-0.15, -0.1) is 0 Å². The highest BCUT2D eigenvalue weighted by Crippen LogP contribution is 2.23. The lowest BCUT2D eigenvalue weighted by Gasteiger charge is -2.28. The molecule has 3 nitrogen and oxygen atoms in total. The number of rotatable bonds is 4.